The second-order valence-corrected chi connectivity index (χ2v) is 17.2. The molecule has 0 amide bonds. The molecule has 6 heterocycles. The summed E-state index contributed by atoms with van der Waals surface area (Å²) >= 11 is 0. The first-order valence-corrected chi connectivity index (χ1v) is 22.7. The first-order chi connectivity index (χ1) is 31.9. The summed E-state index contributed by atoms with van der Waals surface area (Å²) in [6.45, 7) is 17.7. The van der Waals surface area contributed by atoms with Gasteiger partial charge in [-0.1, -0.05) is 74.5 Å². The van der Waals surface area contributed by atoms with Crippen molar-refractivity contribution in [3.8, 4) is 0 Å². The molecule has 2 aromatic rings. The summed E-state index contributed by atoms with van der Waals surface area (Å²) in [5.74, 6) is -0.673. The molecule has 0 atom stereocenters. The number of nitrogens with zero attached hydrogens (tertiary/aromatic N) is 5. The van der Waals surface area contributed by atoms with E-state index in [0.29, 0.717) is 41.6 Å². The third-order valence-electron chi connectivity index (χ3n) is 13.1. The lowest BCUT2D eigenvalue weighted by Gasteiger charge is -2.32. The number of hydrogen-bond acceptors (Lipinski definition) is 10. The van der Waals surface area contributed by atoms with Gasteiger partial charge in [0.05, 0.1) is 57.8 Å². The summed E-state index contributed by atoms with van der Waals surface area (Å²) < 4.78 is 0. The Morgan fingerprint density at radius 1 is 0.636 bits per heavy atom. The van der Waals surface area contributed by atoms with Crippen LogP contribution >= 0.6 is 0 Å². The van der Waals surface area contributed by atoms with Crippen LogP contribution in [0.5, 0.6) is 0 Å². The number of carbonyl (C=O) groups is 2. The predicted molar refractivity (Wildman–Crippen MR) is 269 cm³/mol. The number of Topliss-reactive ketones (excluding diaryl/α,β-unsaturated/α-hetero) is 1. The van der Waals surface area contributed by atoms with E-state index in [0.717, 1.165) is 115 Å². The van der Waals surface area contributed by atoms with Gasteiger partial charge in [0, 0.05) is 60.1 Å². The summed E-state index contributed by atoms with van der Waals surface area (Å²) in [4.78, 5) is 47.9. The van der Waals surface area contributed by atoms with Gasteiger partial charge in [-0.3, -0.25) is 9.59 Å². The quantitative estimate of drug-likeness (QED) is 0.0912. The number of para-hydroxylation sites is 2. The molecular formula is C55H57N7O4. The summed E-state index contributed by atoms with van der Waals surface area (Å²) in [5.41, 5.74) is 17.6. The first kappa shape index (κ1) is 45.3. The van der Waals surface area contributed by atoms with E-state index in [9.17, 15) is 19.8 Å². The molecule has 0 saturated carbocycles. The van der Waals surface area contributed by atoms with E-state index in [1.54, 1.807) is 6.08 Å². The Balaban J connectivity index is 0.940. The lowest BCUT2D eigenvalue weighted by atomic mass is 9.90. The molecule has 0 fully saturated rings. The highest BCUT2D eigenvalue weighted by Crippen LogP contribution is 2.45. The topological polar surface area (TPSA) is 151 Å². The molecule has 0 radical (unpaired) electrons. The van der Waals surface area contributed by atoms with Crippen molar-refractivity contribution >= 4 is 51.5 Å². The Bertz CT molecular complexity index is 2850. The highest BCUT2D eigenvalue weighted by atomic mass is 16.4. The van der Waals surface area contributed by atoms with E-state index in [2.05, 4.69) is 47.9 Å². The molecule has 66 heavy (non-hydrogen) atoms. The number of ketones is 1. The fourth-order valence-electron chi connectivity index (χ4n) is 9.28. The van der Waals surface area contributed by atoms with Crippen LogP contribution in [-0.4, -0.2) is 71.5 Å². The average molecular weight is 880 g/mol. The van der Waals surface area contributed by atoms with Gasteiger partial charge in [-0.05, 0) is 123 Å². The fraction of sp³-hybridized carbons (Fsp3) is 0.273. The van der Waals surface area contributed by atoms with E-state index >= 15 is 0 Å². The molecule has 11 heteroatoms. The number of aliphatic carboxylic acids is 1. The Hall–Kier alpha value is -7.24. The van der Waals surface area contributed by atoms with E-state index in [1.165, 1.54) is 0 Å². The SMILES string of the molecule is C=CC1=C(C)C2=CC3=NC(=CC4=NC(=CC5=NC(=CC1=N2)C(C)=C5C=C)C(C)=C4CCC(=O)O)C(CC(=O)CNCCCCCCNC(O)=C1c2ccccc2N(C)c2ccccc21)=C3C. The van der Waals surface area contributed by atoms with Crippen molar-refractivity contribution in [2.24, 2.45) is 20.0 Å². The number of allylic oxidation sites excluding steroid dienone is 14. The van der Waals surface area contributed by atoms with E-state index < -0.39 is 5.97 Å². The molecule has 8 rings (SSSR count). The van der Waals surface area contributed by atoms with Crippen molar-refractivity contribution < 1.29 is 19.8 Å². The van der Waals surface area contributed by atoms with Crippen LogP contribution in [0.3, 0.4) is 0 Å². The molecule has 0 spiro atoms. The fourth-order valence-corrected chi connectivity index (χ4v) is 9.28. The number of unbranched alkanes of at least 4 members (excludes halogenated alkanes) is 3. The minimum atomic E-state index is -0.895. The maximum Gasteiger partial charge on any atom is 0.303 e. The normalized spacial score (nSPS) is 17.4. The number of carbonyl (C=O) groups excluding carboxylic acids is 1. The standard InChI is InChI=1S/C55H57N7O4/c1-8-37-32(3)43-27-44-35(6)42(50(61-44)30-49-39(22-23-53(64)65)34(5)46(60-49)29-48-38(9-2)33(4)45(59-48)28-47(37)58-43)26-36(63)31-56-24-16-10-11-17-25-57-55(66)54-40-18-12-14-20-51(40)62(7)52-21-15-13-19-41(52)54/h8-9,12-15,18-21,27-30,56-57,66H,1-2,10-11,16-17,22-26,31H2,3-7H3,(H,64,65). The molecule has 0 aliphatic carbocycles. The Kier molecular flexibility index (Phi) is 13.4. The molecule has 8 bridgehead atoms. The smallest absolute Gasteiger partial charge is 0.303 e. The molecule has 0 aromatic heterocycles. The minimum absolute atomic E-state index is 0.0350. The molecule has 4 N–H and O–H groups in total. The molecule has 2 aromatic carbocycles. The number of aliphatic hydroxyl groups is 1. The number of aliphatic imine (C=N–C) groups is 4. The van der Waals surface area contributed by atoms with Crippen molar-refractivity contribution in [3.63, 3.8) is 0 Å². The Morgan fingerprint density at radius 3 is 1.74 bits per heavy atom. The minimum Gasteiger partial charge on any atom is -0.494 e. The third kappa shape index (κ3) is 9.03. The van der Waals surface area contributed by atoms with Gasteiger partial charge >= 0.3 is 5.97 Å². The molecule has 336 valence electrons. The number of anilines is 2. The van der Waals surface area contributed by atoms with Crippen LogP contribution in [0.15, 0.2) is 191 Å². The average Bonchev–Trinajstić information content (AvgIpc) is 3.97. The predicted octanol–water partition coefficient (Wildman–Crippen LogP) is 10.6. The zero-order valence-electron chi connectivity index (χ0n) is 38.5. The van der Waals surface area contributed by atoms with Crippen LogP contribution in [0.1, 0.15) is 83.8 Å². The lowest BCUT2D eigenvalue weighted by molar-refractivity contribution is -0.136. The summed E-state index contributed by atoms with van der Waals surface area (Å²) in [6.07, 6.45) is 15.5. The monoisotopic (exact) mass is 879 g/mol. The van der Waals surface area contributed by atoms with Gasteiger partial charge in [0.2, 0.25) is 0 Å². The van der Waals surface area contributed by atoms with Gasteiger partial charge in [-0.25, -0.2) is 20.0 Å². The highest BCUT2D eigenvalue weighted by molar-refractivity contribution is 6.21. The number of benzene rings is 2. The largest absolute Gasteiger partial charge is 0.494 e. The van der Waals surface area contributed by atoms with Crippen molar-refractivity contribution in [3.05, 3.63) is 183 Å². The summed E-state index contributed by atoms with van der Waals surface area (Å²) in [6, 6.07) is 16.3. The highest BCUT2D eigenvalue weighted by Gasteiger charge is 2.30. The number of carboxylic acid groups (broad SMARTS) is 1. The number of fused-ring (bicyclic) bond motifs is 6. The first-order valence-electron chi connectivity index (χ1n) is 22.7. The molecule has 6 aliphatic heterocycles. The second-order valence-electron chi connectivity index (χ2n) is 17.2. The number of rotatable bonds is 17. The molecule has 0 saturated heterocycles. The summed E-state index contributed by atoms with van der Waals surface area (Å²) in [7, 11) is 2.05. The number of aliphatic hydroxyl groups excluding tert-OH is 1. The molecule has 6 aliphatic rings. The Labute approximate surface area is 387 Å². The van der Waals surface area contributed by atoms with Crippen LogP contribution in [0, 0.1) is 0 Å². The van der Waals surface area contributed by atoms with Gasteiger partial charge in [-0.2, -0.15) is 0 Å². The third-order valence-corrected chi connectivity index (χ3v) is 13.1. The zero-order chi connectivity index (χ0) is 46.6. The van der Waals surface area contributed by atoms with Crippen molar-refractivity contribution in [2.45, 2.75) is 72.6 Å². The van der Waals surface area contributed by atoms with Crippen molar-refractivity contribution in [1.82, 2.24) is 10.6 Å². The van der Waals surface area contributed by atoms with Gasteiger partial charge in [-0.15, -0.1) is 0 Å². The van der Waals surface area contributed by atoms with Crippen molar-refractivity contribution in [1.29, 1.82) is 0 Å². The maximum atomic E-state index is 13.7. The summed E-state index contributed by atoms with van der Waals surface area (Å²) in [5, 5.41) is 27.6. The maximum absolute atomic E-state index is 13.7. The van der Waals surface area contributed by atoms with Gasteiger partial charge < -0.3 is 25.7 Å². The zero-order valence-corrected chi connectivity index (χ0v) is 38.5. The van der Waals surface area contributed by atoms with Gasteiger partial charge in [0.25, 0.3) is 0 Å². The molecule has 11 nitrogen and oxygen atoms in total. The molecular weight excluding hydrogens is 823 g/mol. The molecule has 0 unspecified atom stereocenters. The number of carboxylic acids is 1. The van der Waals surface area contributed by atoms with Crippen LogP contribution in [0.25, 0.3) is 5.57 Å². The van der Waals surface area contributed by atoms with E-state index in [-0.39, 0.29) is 37.5 Å². The number of nitrogens with one attached hydrogen (secondary N) is 2. The van der Waals surface area contributed by atoms with E-state index in [1.807, 2.05) is 94.5 Å². The van der Waals surface area contributed by atoms with Crippen LogP contribution < -0.4 is 15.5 Å². The Morgan fingerprint density at radius 2 is 1.15 bits per heavy atom. The van der Waals surface area contributed by atoms with Crippen molar-refractivity contribution in [2.75, 3.05) is 31.6 Å². The van der Waals surface area contributed by atoms with Crippen LogP contribution in [-0.2, 0) is 9.59 Å². The number of hydrogen-bond donors (Lipinski definition) is 4. The van der Waals surface area contributed by atoms with E-state index in [4.69, 9.17) is 20.0 Å². The second kappa shape index (κ2) is 19.5. The van der Waals surface area contributed by atoms with Crippen LogP contribution in [0.4, 0.5) is 11.4 Å². The van der Waals surface area contributed by atoms with Gasteiger partial charge in [0.15, 0.2) is 11.7 Å². The van der Waals surface area contributed by atoms with Gasteiger partial charge in [0.1, 0.15) is 0 Å². The lowest BCUT2D eigenvalue weighted by Crippen LogP contribution is -2.24. The van der Waals surface area contributed by atoms with Crippen LogP contribution in [0.2, 0.25) is 0 Å².